The number of hydrogen-bond acceptors (Lipinski definition) is 4. The molecule has 1 aliphatic heterocycles. The summed E-state index contributed by atoms with van der Waals surface area (Å²) in [5, 5.41) is 0. The summed E-state index contributed by atoms with van der Waals surface area (Å²) in [6, 6.07) is 9.02. The fraction of sp³-hybridized carbons (Fsp3) is 0.647. The Bertz CT molecular complexity index is 996. The molecule has 218 valence electrons. The Morgan fingerprint density at radius 3 is 1.46 bits per heavy atom. The first-order chi connectivity index (χ1) is 18.4. The number of aryl methyl sites for hydroxylation is 2. The molecule has 0 bridgehead atoms. The lowest BCUT2D eigenvalue weighted by molar-refractivity contribution is 0.252. The Morgan fingerprint density at radius 2 is 1.05 bits per heavy atom. The molecule has 0 saturated carbocycles. The van der Waals surface area contributed by atoms with E-state index >= 15 is 0 Å². The van der Waals surface area contributed by atoms with Crippen LogP contribution >= 0.6 is 20.4 Å². The SMILES string of the molecule is CCCCCCCCCCCCOP1Oc2c(cc(C)cc2C(C)(C)C)Sc2cc(C)cc(C(C)(C)C)c2O1. The van der Waals surface area contributed by atoms with Crippen LogP contribution in [0.25, 0.3) is 0 Å². The zero-order valence-electron chi connectivity index (χ0n) is 26.2. The van der Waals surface area contributed by atoms with Gasteiger partial charge < -0.3 is 9.05 Å². The number of benzene rings is 2. The first-order valence-electron chi connectivity index (χ1n) is 15.2. The molecule has 2 aromatic rings. The van der Waals surface area contributed by atoms with Crippen LogP contribution in [-0.4, -0.2) is 6.61 Å². The molecule has 0 spiro atoms. The van der Waals surface area contributed by atoms with Gasteiger partial charge in [0.05, 0.1) is 16.4 Å². The molecule has 0 fully saturated rings. The molecule has 0 unspecified atom stereocenters. The lowest BCUT2D eigenvalue weighted by Crippen LogP contribution is -2.17. The number of unbranched alkanes of at least 4 members (excludes halogenated alkanes) is 9. The summed E-state index contributed by atoms with van der Waals surface area (Å²) in [5.74, 6) is 1.83. The van der Waals surface area contributed by atoms with Gasteiger partial charge in [-0.15, -0.1) is 0 Å². The molecule has 0 N–H and O–H groups in total. The molecule has 0 radical (unpaired) electrons. The summed E-state index contributed by atoms with van der Waals surface area (Å²) >= 11 is 1.76. The lowest BCUT2D eigenvalue weighted by atomic mass is 9.85. The molecule has 39 heavy (non-hydrogen) atoms. The van der Waals surface area contributed by atoms with Crippen molar-refractivity contribution in [3.8, 4) is 11.5 Å². The highest BCUT2D eigenvalue weighted by Crippen LogP contribution is 2.56. The Kier molecular flexibility index (Phi) is 12.1. The molecule has 1 aliphatic rings. The fourth-order valence-electron chi connectivity index (χ4n) is 5.00. The molecule has 0 aromatic heterocycles. The van der Waals surface area contributed by atoms with Crippen LogP contribution in [0.3, 0.4) is 0 Å². The molecule has 3 rings (SSSR count). The second-order valence-electron chi connectivity index (χ2n) is 13.3. The van der Waals surface area contributed by atoms with Gasteiger partial charge in [-0.1, -0.05) is 130 Å². The number of rotatable bonds is 12. The smallest absolute Gasteiger partial charge is 0.416 e. The molecule has 0 aliphatic carbocycles. The minimum absolute atomic E-state index is 0.0561. The van der Waals surface area contributed by atoms with E-state index in [1.165, 1.54) is 80.0 Å². The highest BCUT2D eigenvalue weighted by atomic mass is 32.2. The van der Waals surface area contributed by atoms with Crippen LogP contribution < -0.4 is 9.05 Å². The molecular formula is C34H53O3PS. The van der Waals surface area contributed by atoms with Crippen LogP contribution in [0.15, 0.2) is 34.1 Å². The van der Waals surface area contributed by atoms with Gasteiger partial charge in [0.15, 0.2) is 0 Å². The Hall–Kier alpha value is -1.22. The third-order valence-electron chi connectivity index (χ3n) is 7.26. The van der Waals surface area contributed by atoms with Crippen molar-refractivity contribution in [3.63, 3.8) is 0 Å². The first-order valence-corrected chi connectivity index (χ1v) is 17.1. The van der Waals surface area contributed by atoms with E-state index in [1.54, 1.807) is 11.8 Å². The van der Waals surface area contributed by atoms with Crippen molar-refractivity contribution in [2.45, 2.75) is 147 Å². The van der Waals surface area contributed by atoms with Crippen molar-refractivity contribution in [1.82, 2.24) is 0 Å². The number of hydrogen-bond donors (Lipinski definition) is 0. The average molecular weight is 573 g/mol. The van der Waals surface area contributed by atoms with Gasteiger partial charge >= 0.3 is 8.60 Å². The standard InChI is InChI=1S/C34H53O3PS/c1-10-11-12-13-14-15-16-17-18-19-20-35-38-36-31-27(33(4,5)6)21-25(2)23-29(31)39-30-24-26(3)22-28(32(30)37-38)34(7,8)9/h21-24H,10-20H2,1-9H3. The summed E-state index contributed by atoms with van der Waals surface area (Å²) in [7, 11) is -1.58. The minimum atomic E-state index is -1.58. The predicted molar refractivity (Wildman–Crippen MR) is 170 cm³/mol. The van der Waals surface area contributed by atoms with Gasteiger partial charge in [-0.2, -0.15) is 0 Å². The van der Waals surface area contributed by atoms with Crippen molar-refractivity contribution in [3.05, 3.63) is 46.5 Å². The molecular weight excluding hydrogens is 519 g/mol. The van der Waals surface area contributed by atoms with E-state index in [4.69, 9.17) is 13.6 Å². The van der Waals surface area contributed by atoms with E-state index in [0.717, 1.165) is 27.7 Å². The maximum Gasteiger partial charge on any atom is 0.463 e. The molecule has 3 nitrogen and oxygen atoms in total. The van der Waals surface area contributed by atoms with E-state index in [1.807, 2.05) is 0 Å². The van der Waals surface area contributed by atoms with Crippen molar-refractivity contribution < 1.29 is 13.6 Å². The predicted octanol–water partition coefficient (Wildman–Crippen LogP) is 12.0. The summed E-state index contributed by atoms with van der Waals surface area (Å²) < 4.78 is 19.8. The fourth-order valence-corrected chi connectivity index (χ4v) is 7.45. The minimum Gasteiger partial charge on any atom is -0.416 e. The summed E-state index contributed by atoms with van der Waals surface area (Å²) in [5.41, 5.74) is 4.79. The molecule has 0 amide bonds. The lowest BCUT2D eigenvalue weighted by Gasteiger charge is -2.32. The highest BCUT2D eigenvalue weighted by Gasteiger charge is 2.33. The van der Waals surface area contributed by atoms with Crippen LogP contribution in [0.1, 0.15) is 135 Å². The average Bonchev–Trinajstić information content (AvgIpc) is 2.82. The highest BCUT2D eigenvalue weighted by molar-refractivity contribution is 7.99. The normalized spacial score (nSPS) is 14.2. The molecule has 0 saturated heterocycles. The Labute approximate surface area is 245 Å². The third-order valence-corrected chi connectivity index (χ3v) is 9.36. The van der Waals surface area contributed by atoms with Crippen LogP contribution in [0, 0.1) is 13.8 Å². The Morgan fingerprint density at radius 1 is 0.641 bits per heavy atom. The summed E-state index contributed by atoms with van der Waals surface area (Å²) in [6.45, 7) is 20.8. The topological polar surface area (TPSA) is 27.7 Å². The van der Waals surface area contributed by atoms with E-state index in [0.29, 0.717) is 6.61 Å². The van der Waals surface area contributed by atoms with Crippen molar-refractivity contribution >= 4 is 20.4 Å². The summed E-state index contributed by atoms with van der Waals surface area (Å²) in [4.78, 5) is 2.29. The van der Waals surface area contributed by atoms with Crippen LogP contribution in [0.2, 0.25) is 0 Å². The first kappa shape index (κ1) is 32.3. The second-order valence-corrected chi connectivity index (χ2v) is 15.5. The largest absolute Gasteiger partial charge is 0.463 e. The Balaban J connectivity index is 1.78. The maximum atomic E-state index is 6.70. The molecule has 2 aromatic carbocycles. The van der Waals surface area contributed by atoms with Crippen LogP contribution in [0.4, 0.5) is 0 Å². The zero-order chi connectivity index (χ0) is 28.6. The van der Waals surface area contributed by atoms with E-state index in [2.05, 4.69) is 86.6 Å². The summed E-state index contributed by atoms with van der Waals surface area (Å²) in [6.07, 6.45) is 13.1. The van der Waals surface area contributed by atoms with Crippen LogP contribution in [-0.2, 0) is 15.4 Å². The molecule has 1 heterocycles. The number of fused-ring (bicyclic) bond motifs is 2. The van der Waals surface area contributed by atoms with Gasteiger partial charge in [-0.25, -0.2) is 0 Å². The van der Waals surface area contributed by atoms with Gasteiger partial charge in [0, 0.05) is 11.1 Å². The monoisotopic (exact) mass is 572 g/mol. The molecule has 0 atom stereocenters. The van der Waals surface area contributed by atoms with Crippen molar-refractivity contribution in [2.75, 3.05) is 6.61 Å². The van der Waals surface area contributed by atoms with E-state index in [-0.39, 0.29) is 10.8 Å². The maximum absolute atomic E-state index is 6.70. The van der Waals surface area contributed by atoms with Gasteiger partial charge in [-0.3, -0.25) is 4.52 Å². The van der Waals surface area contributed by atoms with Crippen molar-refractivity contribution in [2.24, 2.45) is 0 Å². The van der Waals surface area contributed by atoms with Crippen LogP contribution in [0.5, 0.6) is 11.5 Å². The quantitative estimate of drug-likeness (QED) is 0.187. The van der Waals surface area contributed by atoms with Gasteiger partial charge in [0.1, 0.15) is 11.5 Å². The van der Waals surface area contributed by atoms with Gasteiger partial charge in [-0.05, 0) is 54.4 Å². The zero-order valence-corrected chi connectivity index (χ0v) is 27.9. The second kappa shape index (κ2) is 14.6. The van der Waals surface area contributed by atoms with Gasteiger partial charge in [0.25, 0.3) is 0 Å². The molecule has 5 heteroatoms. The third kappa shape index (κ3) is 9.68. The van der Waals surface area contributed by atoms with E-state index < -0.39 is 8.60 Å². The van der Waals surface area contributed by atoms with Gasteiger partial charge in [0.2, 0.25) is 0 Å². The van der Waals surface area contributed by atoms with Crippen molar-refractivity contribution in [1.29, 1.82) is 0 Å². The van der Waals surface area contributed by atoms with E-state index in [9.17, 15) is 0 Å².